The number of hydrogen-bond acceptors (Lipinski definition) is 2. The van der Waals surface area contributed by atoms with Gasteiger partial charge in [0.25, 0.3) is 5.91 Å². The van der Waals surface area contributed by atoms with Crippen LogP contribution in [-0.2, 0) is 12.8 Å². The average Bonchev–Trinajstić information content (AvgIpc) is 2.52. The zero-order valence-corrected chi connectivity index (χ0v) is 14.6. The standard InChI is InChI=1S/C21H25NO2/c1-14-10-15(2)19(16(3)11-14)20(23)22-13-21(24)9-8-17-6-4-5-7-18(17)12-21/h4-7,10-11,24H,8-9,12-13H2,1-3H3,(H,22,23). The van der Waals surface area contributed by atoms with E-state index in [4.69, 9.17) is 0 Å². The molecule has 0 aliphatic heterocycles. The van der Waals surface area contributed by atoms with Crippen LogP contribution in [0.15, 0.2) is 36.4 Å². The fraction of sp³-hybridized carbons (Fsp3) is 0.381. The molecule has 3 nitrogen and oxygen atoms in total. The summed E-state index contributed by atoms with van der Waals surface area (Å²) in [7, 11) is 0. The first-order valence-corrected chi connectivity index (χ1v) is 8.53. The Hall–Kier alpha value is -2.13. The van der Waals surface area contributed by atoms with E-state index in [1.54, 1.807) is 0 Å². The van der Waals surface area contributed by atoms with Crippen LogP contribution in [0.1, 0.15) is 44.6 Å². The first-order valence-electron chi connectivity index (χ1n) is 8.53. The summed E-state index contributed by atoms with van der Waals surface area (Å²) in [5, 5.41) is 13.8. The lowest BCUT2D eigenvalue weighted by Gasteiger charge is -2.33. The van der Waals surface area contributed by atoms with Crippen molar-refractivity contribution in [1.82, 2.24) is 5.32 Å². The second-order valence-corrected chi connectivity index (χ2v) is 7.13. The molecule has 126 valence electrons. The number of hydrogen-bond donors (Lipinski definition) is 2. The third-order valence-electron chi connectivity index (χ3n) is 4.98. The molecule has 0 spiro atoms. The van der Waals surface area contributed by atoms with Crippen LogP contribution in [0, 0.1) is 20.8 Å². The van der Waals surface area contributed by atoms with E-state index in [1.165, 1.54) is 11.1 Å². The van der Waals surface area contributed by atoms with Crippen LogP contribution in [0.2, 0.25) is 0 Å². The highest BCUT2D eigenvalue weighted by Gasteiger charge is 2.32. The van der Waals surface area contributed by atoms with Crippen LogP contribution in [0.4, 0.5) is 0 Å². The molecular formula is C21H25NO2. The topological polar surface area (TPSA) is 49.3 Å². The molecule has 0 bridgehead atoms. The lowest BCUT2D eigenvalue weighted by atomic mass is 9.80. The molecule has 1 aliphatic carbocycles. The van der Waals surface area contributed by atoms with Gasteiger partial charge in [-0.15, -0.1) is 0 Å². The minimum absolute atomic E-state index is 0.0997. The van der Waals surface area contributed by atoms with Gasteiger partial charge in [0.15, 0.2) is 0 Å². The van der Waals surface area contributed by atoms with E-state index in [9.17, 15) is 9.90 Å². The van der Waals surface area contributed by atoms with Gasteiger partial charge in [-0.05, 0) is 55.9 Å². The molecule has 0 radical (unpaired) electrons. The van der Waals surface area contributed by atoms with E-state index in [0.717, 1.165) is 28.7 Å². The van der Waals surface area contributed by atoms with Gasteiger partial charge in [0, 0.05) is 18.5 Å². The van der Waals surface area contributed by atoms with Crippen LogP contribution in [0.5, 0.6) is 0 Å². The van der Waals surface area contributed by atoms with Gasteiger partial charge in [-0.2, -0.15) is 0 Å². The zero-order valence-electron chi connectivity index (χ0n) is 14.6. The lowest BCUT2D eigenvalue weighted by Crippen LogP contribution is -2.47. The molecule has 2 aromatic carbocycles. The number of carbonyl (C=O) groups excluding carboxylic acids is 1. The van der Waals surface area contributed by atoms with Crippen LogP contribution in [0.3, 0.4) is 0 Å². The minimum atomic E-state index is -0.865. The predicted octanol–water partition coefficient (Wildman–Crippen LogP) is 3.26. The van der Waals surface area contributed by atoms with E-state index in [-0.39, 0.29) is 12.5 Å². The van der Waals surface area contributed by atoms with Crippen molar-refractivity contribution in [1.29, 1.82) is 0 Å². The van der Waals surface area contributed by atoms with Gasteiger partial charge < -0.3 is 10.4 Å². The molecule has 1 atom stereocenters. The van der Waals surface area contributed by atoms with Crippen LogP contribution >= 0.6 is 0 Å². The highest BCUT2D eigenvalue weighted by molar-refractivity contribution is 5.97. The third-order valence-corrected chi connectivity index (χ3v) is 4.98. The van der Waals surface area contributed by atoms with Crippen molar-refractivity contribution < 1.29 is 9.90 Å². The number of aliphatic hydroxyl groups is 1. The van der Waals surface area contributed by atoms with E-state index < -0.39 is 5.60 Å². The molecule has 0 saturated heterocycles. The maximum absolute atomic E-state index is 12.6. The Labute approximate surface area is 143 Å². The normalized spacial score (nSPS) is 19.7. The van der Waals surface area contributed by atoms with Crippen molar-refractivity contribution in [3.63, 3.8) is 0 Å². The number of fused-ring (bicyclic) bond motifs is 1. The molecule has 0 saturated carbocycles. The maximum Gasteiger partial charge on any atom is 0.251 e. The first-order chi connectivity index (χ1) is 11.4. The number of rotatable bonds is 3. The molecule has 0 aromatic heterocycles. The molecule has 1 amide bonds. The molecule has 3 rings (SSSR count). The summed E-state index contributed by atoms with van der Waals surface area (Å²) in [5.41, 5.74) is 5.46. The maximum atomic E-state index is 12.6. The number of benzene rings is 2. The minimum Gasteiger partial charge on any atom is -0.388 e. The zero-order chi connectivity index (χ0) is 17.3. The Morgan fingerprint density at radius 1 is 1.12 bits per heavy atom. The second-order valence-electron chi connectivity index (χ2n) is 7.13. The molecule has 0 heterocycles. The largest absolute Gasteiger partial charge is 0.388 e. The quantitative estimate of drug-likeness (QED) is 0.911. The Morgan fingerprint density at radius 2 is 1.75 bits per heavy atom. The Kier molecular flexibility index (Phi) is 4.46. The number of aryl methyl sites for hydroxylation is 4. The summed E-state index contributed by atoms with van der Waals surface area (Å²) in [5.74, 6) is -0.0997. The van der Waals surface area contributed by atoms with E-state index in [1.807, 2.05) is 45.0 Å². The molecule has 1 aliphatic rings. The smallest absolute Gasteiger partial charge is 0.251 e. The van der Waals surface area contributed by atoms with Crippen molar-refractivity contribution >= 4 is 5.91 Å². The summed E-state index contributed by atoms with van der Waals surface area (Å²) < 4.78 is 0. The van der Waals surface area contributed by atoms with Gasteiger partial charge >= 0.3 is 0 Å². The predicted molar refractivity (Wildman–Crippen MR) is 96.4 cm³/mol. The summed E-state index contributed by atoms with van der Waals surface area (Å²) >= 11 is 0. The molecular weight excluding hydrogens is 298 g/mol. The van der Waals surface area contributed by atoms with Crippen molar-refractivity contribution in [2.24, 2.45) is 0 Å². The van der Waals surface area contributed by atoms with Gasteiger partial charge in [0.2, 0.25) is 0 Å². The monoisotopic (exact) mass is 323 g/mol. The SMILES string of the molecule is Cc1cc(C)c(C(=O)NCC2(O)CCc3ccccc3C2)c(C)c1. The van der Waals surface area contributed by atoms with Crippen molar-refractivity contribution in [2.75, 3.05) is 6.54 Å². The van der Waals surface area contributed by atoms with E-state index >= 15 is 0 Å². The molecule has 1 unspecified atom stereocenters. The molecule has 24 heavy (non-hydrogen) atoms. The second kappa shape index (κ2) is 6.40. The highest BCUT2D eigenvalue weighted by atomic mass is 16.3. The Bertz CT molecular complexity index is 758. The van der Waals surface area contributed by atoms with Crippen molar-refractivity contribution in [3.8, 4) is 0 Å². The van der Waals surface area contributed by atoms with E-state index in [2.05, 4.69) is 17.4 Å². The van der Waals surface area contributed by atoms with Gasteiger partial charge in [0.05, 0.1) is 5.60 Å². The highest BCUT2D eigenvalue weighted by Crippen LogP contribution is 2.28. The molecule has 0 fully saturated rings. The van der Waals surface area contributed by atoms with Crippen LogP contribution < -0.4 is 5.32 Å². The summed E-state index contributed by atoms with van der Waals surface area (Å²) in [4.78, 5) is 12.6. The summed E-state index contributed by atoms with van der Waals surface area (Å²) in [6.45, 7) is 6.23. The summed E-state index contributed by atoms with van der Waals surface area (Å²) in [6.07, 6.45) is 2.12. The van der Waals surface area contributed by atoms with Gasteiger partial charge in [-0.3, -0.25) is 4.79 Å². The Balaban J connectivity index is 1.71. The summed E-state index contributed by atoms with van der Waals surface area (Å²) in [6, 6.07) is 12.3. The fourth-order valence-electron chi connectivity index (χ4n) is 3.81. The number of amides is 1. The Morgan fingerprint density at radius 3 is 2.42 bits per heavy atom. The number of nitrogens with one attached hydrogen (secondary N) is 1. The van der Waals surface area contributed by atoms with Gasteiger partial charge in [0.1, 0.15) is 0 Å². The number of carbonyl (C=O) groups is 1. The molecule has 2 N–H and O–H groups in total. The van der Waals surface area contributed by atoms with E-state index in [0.29, 0.717) is 12.8 Å². The van der Waals surface area contributed by atoms with Crippen LogP contribution in [-0.4, -0.2) is 23.2 Å². The molecule has 3 heteroatoms. The third kappa shape index (κ3) is 3.36. The lowest BCUT2D eigenvalue weighted by molar-refractivity contribution is 0.0259. The average molecular weight is 323 g/mol. The van der Waals surface area contributed by atoms with Crippen molar-refractivity contribution in [3.05, 3.63) is 69.8 Å². The van der Waals surface area contributed by atoms with Gasteiger partial charge in [-0.1, -0.05) is 42.0 Å². The van der Waals surface area contributed by atoms with Crippen LogP contribution in [0.25, 0.3) is 0 Å². The van der Waals surface area contributed by atoms with Gasteiger partial charge in [-0.25, -0.2) is 0 Å². The fourth-order valence-corrected chi connectivity index (χ4v) is 3.81. The molecule has 2 aromatic rings. The first kappa shape index (κ1) is 16.7. The van der Waals surface area contributed by atoms with Crippen molar-refractivity contribution in [2.45, 2.75) is 45.6 Å².